The smallest absolute Gasteiger partial charge is 0.134 e. The molecule has 2 rings (SSSR count). The van der Waals surface area contributed by atoms with Crippen LogP contribution in [0.5, 0.6) is 0 Å². The van der Waals surface area contributed by atoms with Crippen LogP contribution in [-0.4, -0.2) is 6.54 Å². The van der Waals surface area contributed by atoms with Crippen molar-refractivity contribution in [2.24, 2.45) is 0 Å². The summed E-state index contributed by atoms with van der Waals surface area (Å²) >= 11 is 0. The molecule has 2 aromatic carbocycles. The zero-order chi connectivity index (χ0) is 14.7. The number of rotatable bonds is 4. The van der Waals surface area contributed by atoms with Gasteiger partial charge in [0.15, 0.2) is 0 Å². The number of hydrogen-bond acceptors (Lipinski definition) is 1. The van der Waals surface area contributed by atoms with Crippen LogP contribution in [0.3, 0.4) is 0 Å². The highest BCUT2D eigenvalue weighted by Gasteiger charge is 2.16. The topological polar surface area (TPSA) is 12.0 Å². The Labute approximate surface area is 116 Å². The fraction of sp³-hybridized carbons (Fsp3) is 0.250. The molecule has 0 aliphatic rings. The van der Waals surface area contributed by atoms with Gasteiger partial charge >= 0.3 is 0 Å². The SMILES string of the molecule is CCNC(C)c1ccc(F)c(-c2c(F)cccc2F)c1. The van der Waals surface area contributed by atoms with Crippen molar-refractivity contribution in [2.75, 3.05) is 6.54 Å². The Bertz CT molecular complexity index is 590. The zero-order valence-electron chi connectivity index (χ0n) is 11.4. The molecular formula is C16H16F3N. The maximum Gasteiger partial charge on any atom is 0.134 e. The third-order valence-electron chi connectivity index (χ3n) is 3.23. The van der Waals surface area contributed by atoms with Crippen molar-refractivity contribution in [1.29, 1.82) is 0 Å². The van der Waals surface area contributed by atoms with E-state index in [1.54, 1.807) is 6.07 Å². The molecular weight excluding hydrogens is 263 g/mol. The summed E-state index contributed by atoms with van der Waals surface area (Å²) in [6, 6.07) is 7.84. The molecule has 0 spiro atoms. The first kappa shape index (κ1) is 14.6. The summed E-state index contributed by atoms with van der Waals surface area (Å²) in [5.41, 5.74) is 0.407. The molecule has 0 radical (unpaired) electrons. The van der Waals surface area contributed by atoms with E-state index in [1.807, 2.05) is 13.8 Å². The van der Waals surface area contributed by atoms with Gasteiger partial charge in [0.2, 0.25) is 0 Å². The Morgan fingerprint density at radius 3 is 2.25 bits per heavy atom. The third-order valence-corrected chi connectivity index (χ3v) is 3.23. The first-order valence-electron chi connectivity index (χ1n) is 6.51. The fourth-order valence-corrected chi connectivity index (χ4v) is 2.18. The molecule has 0 bridgehead atoms. The Morgan fingerprint density at radius 1 is 1.00 bits per heavy atom. The lowest BCUT2D eigenvalue weighted by atomic mass is 9.98. The average molecular weight is 279 g/mol. The summed E-state index contributed by atoms with van der Waals surface area (Å²) < 4.78 is 41.5. The molecule has 106 valence electrons. The third kappa shape index (κ3) is 2.85. The van der Waals surface area contributed by atoms with Gasteiger partial charge in [-0.3, -0.25) is 0 Å². The van der Waals surface area contributed by atoms with Crippen LogP contribution in [0.4, 0.5) is 13.2 Å². The lowest BCUT2D eigenvalue weighted by Crippen LogP contribution is -2.17. The number of nitrogens with one attached hydrogen (secondary N) is 1. The van der Waals surface area contributed by atoms with Gasteiger partial charge in [0.05, 0.1) is 5.56 Å². The van der Waals surface area contributed by atoms with Crippen LogP contribution in [0.2, 0.25) is 0 Å². The molecule has 20 heavy (non-hydrogen) atoms. The summed E-state index contributed by atoms with van der Waals surface area (Å²) in [7, 11) is 0. The zero-order valence-corrected chi connectivity index (χ0v) is 11.4. The van der Waals surface area contributed by atoms with Crippen molar-refractivity contribution < 1.29 is 13.2 Å². The highest BCUT2D eigenvalue weighted by molar-refractivity contribution is 5.66. The number of hydrogen-bond donors (Lipinski definition) is 1. The van der Waals surface area contributed by atoms with Crippen molar-refractivity contribution in [2.45, 2.75) is 19.9 Å². The molecule has 0 saturated heterocycles. The second kappa shape index (κ2) is 6.09. The Hall–Kier alpha value is -1.81. The average Bonchev–Trinajstić information content (AvgIpc) is 2.40. The second-order valence-electron chi connectivity index (χ2n) is 4.62. The van der Waals surface area contributed by atoms with E-state index in [2.05, 4.69) is 5.32 Å². The van der Waals surface area contributed by atoms with Gasteiger partial charge in [-0.2, -0.15) is 0 Å². The summed E-state index contributed by atoms with van der Waals surface area (Å²) in [4.78, 5) is 0. The van der Waals surface area contributed by atoms with E-state index < -0.39 is 17.5 Å². The van der Waals surface area contributed by atoms with Crippen molar-refractivity contribution in [3.05, 3.63) is 59.4 Å². The van der Waals surface area contributed by atoms with E-state index in [4.69, 9.17) is 0 Å². The molecule has 0 fully saturated rings. The van der Waals surface area contributed by atoms with Gasteiger partial charge in [0.1, 0.15) is 17.5 Å². The molecule has 2 aromatic rings. The molecule has 0 aliphatic carbocycles. The molecule has 0 aromatic heterocycles. The van der Waals surface area contributed by atoms with E-state index in [9.17, 15) is 13.2 Å². The number of halogens is 3. The maximum absolute atomic E-state index is 13.9. The Morgan fingerprint density at radius 2 is 1.65 bits per heavy atom. The molecule has 1 atom stereocenters. The van der Waals surface area contributed by atoms with E-state index in [1.165, 1.54) is 18.2 Å². The molecule has 4 heteroatoms. The highest BCUT2D eigenvalue weighted by Crippen LogP contribution is 2.30. The predicted molar refractivity (Wildman–Crippen MR) is 73.8 cm³/mol. The molecule has 1 nitrogen and oxygen atoms in total. The minimum atomic E-state index is -0.767. The van der Waals surface area contributed by atoms with Crippen LogP contribution in [0.1, 0.15) is 25.5 Å². The molecule has 0 amide bonds. The van der Waals surface area contributed by atoms with Crippen molar-refractivity contribution in [3.8, 4) is 11.1 Å². The van der Waals surface area contributed by atoms with Crippen LogP contribution in [-0.2, 0) is 0 Å². The summed E-state index contributed by atoms with van der Waals surface area (Å²) in [6.45, 7) is 4.62. The van der Waals surface area contributed by atoms with Crippen LogP contribution in [0, 0.1) is 17.5 Å². The first-order valence-corrected chi connectivity index (χ1v) is 6.51. The van der Waals surface area contributed by atoms with Gasteiger partial charge < -0.3 is 5.32 Å². The van der Waals surface area contributed by atoms with Crippen LogP contribution < -0.4 is 5.32 Å². The van der Waals surface area contributed by atoms with E-state index in [0.29, 0.717) is 0 Å². The van der Waals surface area contributed by atoms with Crippen molar-refractivity contribution in [3.63, 3.8) is 0 Å². The van der Waals surface area contributed by atoms with E-state index in [0.717, 1.165) is 24.2 Å². The van der Waals surface area contributed by atoms with E-state index >= 15 is 0 Å². The molecule has 1 N–H and O–H groups in total. The van der Waals surface area contributed by atoms with E-state index in [-0.39, 0.29) is 17.2 Å². The van der Waals surface area contributed by atoms with Crippen molar-refractivity contribution in [1.82, 2.24) is 5.32 Å². The molecule has 0 aliphatic heterocycles. The van der Waals surface area contributed by atoms with Crippen molar-refractivity contribution >= 4 is 0 Å². The normalized spacial score (nSPS) is 12.4. The first-order chi connectivity index (χ1) is 9.54. The van der Waals surface area contributed by atoms with Gasteiger partial charge in [-0.25, -0.2) is 13.2 Å². The standard InChI is InChI=1S/C16H16F3N/c1-3-20-10(2)11-7-8-13(17)12(9-11)16-14(18)5-4-6-15(16)19/h4-10,20H,3H2,1-2H3. The number of benzene rings is 2. The molecule has 0 saturated carbocycles. The van der Waals surface area contributed by atoms with Crippen LogP contribution >= 0.6 is 0 Å². The highest BCUT2D eigenvalue weighted by atomic mass is 19.1. The summed E-state index contributed by atoms with van der Waals surface area (Å²) in [5, 5.41) is 3.18. The van der Waals surface area contributed by atoms with Gasteiger partial charge in [-0.15, -0.1) is 0 Å². The van der Waals surface area contributed by atoms with Gasteiger partial charge in [-0.05, 0) is 43.3 Å². The lowest BCUT2D eigenvalue weighted by molar-refractivity contribution is 0.577. The summed E-state index contributed by atoms with van der Waals surface area (Å²) in [5.74, 6) is -2.17. The summed E-state index contributed by atoms with van der Waals surface area (Å²) in [6.07, 6.45) is 0. The molecule has 1 unspecified atom stereocenters. The molecule has 0 heterocycles. The largest absolute Gasteiger partial charge is 0.310 e. The van der Waals surface area contributed by atoms with Crippen LogP contribution in [0.15, 0.2) is 36.4 Å². The monoisotopic (exact) mass is 279 g/mol. The Kier molecular flexibility index (Phi) is 4.45. The second-order valence-corrected chi connectivity index (χ2v) is 4.62. The lowest BCUT2D eigenvalue weighted by Gasteiger charge is -2.15. The van der Waals surface area contributed by atoms with Gasteiger partial charge in [0, 0.05) is 11.6 Å². The fourth-order valence-electron chi connectivity index (χ4n) is 2.18. The minimum Gasteiger partial charge on any atom is -0.310 e. The minimum absolute atomic E-state index is 0.0193. The predicted octanol–water partition coefficient (Wildman–Crippen LogP) is 4.44. The maximum atomic E-state index is 13.9. The van der Waals surface area contributed by atoms with Gasteiger partial charge in [-0.1, -0.05) is 19.1 Å². The van der Waals surface area contributed by atoms with Gasteiger partial charge in [0.25, 0.3) is 0 Å². The quantitative estimate of drug-likeness (QED) is 0.872. The van der Waals surface area contributed by atoms with Crippen LogP contribution in [0.25, 0.3) is 11.1 Å². The Balaban J connectivity index is 2.54.